The summed E-state index contributed by atoms with van der Waals surface area (Å²) in [5.74, 6) is 0. The van der Waals surface area contributed by atoms with Gasteiger partial charge in [0, 0.05) is 23.7 Å². The molecular weight excluding hydrogens is 248 g/mol. The number of hydrogen-bond acceptors (Lipinski definition) is 4. The summed E-state index contributed by atoms with van der Waals surface area (Å²) < 4.78 is 26.2. The largest absolute Gasteiger partial charge is 0.395 e. The molecule has 1 heterocycles. The highest BCUT2D eigenvalue weighted by Gasteiger charge is 2.22. The molecule has 1 aromatic heterocycles. The summed E-state index contributed by atoms with van der Waals surface area (Å²) in [6, 6.07) is 1.17. The van der Waals surface area contributed by atoms with Crippen molar-refractivity contribution < 1.29 is 13.5 Å². The molecule has 5 nitrogen and oxygen atoms in total. The Morgan fingerprint density at radius 1 is 1.62 bits per heavy atom. The fourth-order valence-electron chi connectivity index (χ4n) is 1.30. The molecule has 0 amide bonds. The maximum atomic E-state index is 11.8. The van der Waals surface area contributed by atoms with Gasteiger partial charge in [0.15, 0.2) is 0 Å². The van der Waals surface area contributed by atoms with Crippen LogP contribution in [-0.4, -0.2) is 42.7 Å². The average molecular weight is 264 g/mol. The Kier molecular flexibility index (Phi) is 4.85. The second-order valence-corrected chi connectivity index (χ2v) is 6.20. The topological polar surface area (TPSA) is 82.2 Å². The molecule has 0 aliphatic rings. The summed E-state index contributed by atoms with van der Waals surface area (Å²) in [4.78, 5) is 2.90. The SMILES string of the molecule is CSC(CO)C(C)NS(=O)(=O)c1cc[nH]c1. The molecule has 2 unspecified atom stereocenters. The summed E-state index contributed by atoms with van der Waals surface area (Å²) in [6.07, 6.45) is 4.81. The Morgan fingerprint density at radius 2 is 2.31 bits per heavy atom. The Labute approximate surface area is 99.7 Å². The molecule has 0 saturated heterocycles. The molecule has 1 aromatic rings. The first-order chi connectivity index (χ1) is 7.51. The fraction of sp³-hybridized carbons (Fsp3) is 0.556. The number of aromatic nitrogens is 1. The summed E-state index contributed by atoms with van der Waals surface area (Å²) in [5.41, 5.74) is 0. The Hall–Kier alpha value is -0.500. The first kappa shape index (κ1) is 13.6. The van der Waals surface area contributed by atoms with E-state index in [-0.39, 0.29) is 22.8 Å². The molecule has 0 aromatic carbocycles. The third kappa shape index (κ3) is 3.24. The normalized spacial score (nSPS) is 15.9. The summed E-state index contributed by atoms with van der Waals surface area (Å²) in [6.45, 7) is 1.68. The summed E-state index contributed by atoms with van der Waals surface area (Å²) in [7, 11) is -3.49. The fourth-order valence-corrected chi connectivity index (χ4v) is 3.27. The molecule has 0 bridgehead atoms. The van der Waals surface area contributed by atoms with Gasteiger partial charge in [0.05, 0.1) is 11.5 Å². The van der Waals surface area contributed by atoms with Crippen molar-refractivity contribution in [2.45, 2.75) is 23.1 Å². The molecule has 1 rings (SSSR count). The summed E-state index contributed by atoms with van der Waals surface area (Å²) >= 11 is 1.43. The van der Waals surface area contributed by atoms with E-state index in [1.54, 1.807) is 13.1 Å². The van der Waals surface area contributed by atoms with E-state index in [2.05, 4.69) is 9.71 Å². The number of sulfonamides is 1. The molecule has 3 N–H and O–H groups in total. The highest BCUT2D eigenvalue weighted by molar-refractivity contribution is 7.99. The van der Waals surface area contributed by atoms with Gasteiger partial charge in [0.2, 0.25) is 10.0 Å². The lowest BCUT2D eigenvalue weighted by atomic mass is 10.3. The van der Waals surface area contributed by atoms with Crippen molar-refractivity contribution in [2.24, 2.45) is 0 Å². The molecule has 0 aliphatic heterocycles. The van der Waals surface area contributed by atoms with Crippen LogP contribution in [0.2, 0.25) is 0 Å². The lowest BCUT2D eigenvalue weighted by Gasteiger charge is -2.20. The Bertz CT molecular complexity index is 398. The van der Waals surface area contributed by atoms with Crippen molar-refractivity contribution in [3.8, 4) is 0 Å². The van der Waals surface area contributed by atoms with Crippen molar-refractivity contribution in [1.29, 1.82) is 0 Å². The number of H-pyrrole nitrogens is 1. The number of aliphatic hydroxyl groups excluding tert-OH is 1. The van der Waals surface area contributed by atoms with Crippen molar-refractivity contribution in [2.75, 3.05) is 12.9 Å². The third-order valence-corrected chi connectivity index (χ3v) is 4.98. The Morgan fingerprint density at radius 3 is 2.75 bits per heavy atom. The van der Waals surface area contributed by atoms with Crippen molar-refractivity contribution >= 4 is 21.8 Å². The van der Waals surface area contributed by atoms with Gasteiger partial charge >= 0.3 is 0 Å². The molecule has 0 spiro atoms. The third-order valence-electron chi connectivity index (χ3n) is 2.26. The van der Waals surface area contributed by atoms with Crippen molar-refractivity contribution in [1.82, 2.24) is 9.71 Å². The second-order valence-electron chi connectivity index (χ2n) is 3.41. The molecule has 0 saturated carbocycles. The van der Waals surface area contributed by atoms with Crippen LogP contribution in [0, 0.1) is 0 Å². The van der Waals surface area contributed by atoms with Gasteiger partial charge in [-0.05, 0) is 19.2 Å². The number of aromatic amines is 1. The lowest BCUT2D eigenvalue weighted by Crippen LogP contribution is -2.41. The number of nitrogens with one attached hydrogen (secondary N) is 2. The van der Waals surface area contributed by atoms with Crippen LogP contribution in [0.4, 0.5) is 0 Å². The van der Waals surface area contributed by atoms with Gasteiger partial charge in [-0.3, -0.25) is 0 Å². The zero-order valence-electron chi connectivity index (χ0n) is 9.17. The van der Waals surface area contributed by atoms with Crippen LogP contribution in [0.1, 0.15) is 6.92 Å². The van der Waals surface area contributed by atoms with E-state index < -0.39 is 10.0 Å². The molecule has 0 fully saturated rings. The molecule has 0 radical (unpaired) electrons. The molecular formula is C9H16N2O3S2. The van der Waals surface area contributed by atoms with Crippen molar-refractivity contribution in [3.63, 3.8) is 0 Å². The molecule has 92 valence electrons. The molecule has 2 atom stereocenters. The first-order valence-electron chi connectivity index (χ1n) is 4.80. The lowest BCUT2D eigenvalue weighted by molar-refractivity contribution is 0.282. The zero-order valence-corrected chi connectivity index (χ0v) is 10.8. The van der Waals surface area contributed by atoms with Gasteiger partial charge in [-0.2, -0.15) is 11.8 Å². The highest BCUT2D eigenvalue weighted by atomic mass is 32.2. The van der Waals surface area contributed by atoms with E-state index in [9.17, 15) is 8.42 Å². The van der Waals surface area contributed by atoms with Gasteiger partial charge in [-0.15, -0.1) is 0 Å². The maximum absolute atomic E-state index is 11.8. The number of aliphatic hydroxyl groups is 1. The minimum absolute atomic E-state index is 0.0575. The standard InChI is InChI=1S/C9H16N2O3S2/c1-7(9(6-12)15-2)11-16(13,14)8-3-4-10-5-8/h3-5,7,9-12H,6H2,1-2H3. The minimum atomic E-state index is -3.49. The van der Waals surface area contributed by atoms with Gasteiger partial charge in [0.1, 0.15) is 0 Å². The zero-order chi connectivity index (χ0) is 12.2. The van der Waals surface area contributed by atoms with Crippen molar-refractivity contribution in [3.05, 3.63) is 18.5 Å². The summed E-state index contributed by atoms with van der Waals surface area (Å²) in [5, 5.41) is 8.92. The maximum Gasteiger partial charge on any atom is 0.242 e. The smallest absolute Gasteiger partial charge is 0.242 e. The van der Waals surface area contributed by atoms with Crippen LogP contribution in [0.25, 0.3) is 0 Å². The number of rotatable bonds is 6. The van der Waals surface area contributed by atoms with Crippen LogP contribution in [0.5, 0.6) is 0 Å². The minimum Gasteiger partial charge on any atom is -0.395 e. The van der Waals surface area contributed by atoms with E-state index in [1.807, 2.05) is 6.26 Å². The monoisotopic (exact) mass is 264 g/mol. The quantitative estimate of drug-likeness (QED) is 0.695. The van der Waals surface area contributed by atoms with E-state index in [1.165, 1.54) is 24.0 Å². The number of thioether (sulfide) groups is 1. The second kappa shape index (κ2) is 5.72. The predicted molar refractivity (Wildman–Crippen MR) is 65.0 cm³/mol. The van der Waals surface area contributed by atoms with Gasteiger partial charge in [0.25, 0.3) is 0 Å². The molecule has 0 aliphatic carbocycles. The van der Waals surface area contributed by atoms with Crippen LogP contribution in [0.3, 0.4) is 0 Å². The molecule has 7 heteroatoms. The van der Waals surface area contributed by atoms with Crippen LogP contribution in [-0.2, 0) is 10.0 Å². The van der Waals surface area contributed by atoms with Crippen LogP contribution < -0.4 is 4.72 Å². The average Bonchev–Trinajstić information content (AvgIpc) is 2.71. The predicted octanol–water partition coefficient (Wildman–Crippen LogP) is 0.405. The van der Waals surface area contributed by atoms with Crippen LogP contribution in [0.15, 0.2) is 23.4 Å². The van der Waals surface area contributed by atoms with Crippen LogP contribution >= 0.6 is 11.8 Å². The Balaban J connectivity index is 2.74. The van der Waals surface area contributed by atoms with E-state index >= 15 is 0 Å². The molecule has 16 heavy (non-hydrogen) atoms. The number of hydrogen-bond donors (Lipinski definition) is 3. The highest BCUT2D eigenvalue weighted by Crippen LogP contribution is 2.14. The van der Waals surface area contributed by atoms with E-state index in [4.69, 9.17) is 5.11 Å². The first-order valence-corrected chi connectivity index (χ1v) is 7.57. The van der Waals surface area contributed by atoms with Gasteiger partial charge in [-0.25, -0.2) is 13.1 Å². The van der Waals surface area contributed by atoms with E-state index in [0.717, 1.165) is 0 Å². The van der Waals surface area contributed by atoms with Gasteiger partial charge < -0.3 is 10.1 Å². The van der Waals surface area contributed by atoms with Gasteiger partial charge in [-0.1, -0.05) is 0 Å². The van der Waals surface area contributed by atoms with E-state index in [0.29, 0.717) is 0 Å².